The topological polar surface area (TPSA) is 107 Å². The number of aryl methyl sites for hydroxylation is 1. The fourth-order valence-electron chi connectivity index (χ4n) is 4.67. The summed E-state index contributed by atoms with van der Waals surface area (Å²) in [4.78, 5) is 25.4. The van der Waals surface area contributed by atoms with Crippen molar-refractivity contribution in [1.29, 1.82) is 0 Å². The molecule has 1 aromatic heterocycles. The van der Waals surface area contributed by atoms with Gasteiger partial charge in [-0.2, -0.15) is 5.10 Å². The Hall–Kier alpha value is -3.53. The maximum atomic E-state index is 13.4. The maximum Gasteiger partial charge on any atom is 0.327 e. The van der Waals surface area contributed by atoms with E-state index in [-0.39, 0.29) is 29.5 Å². The van der Waals surface area contributed by atoms with E-state index in [4.69, 9.17) is 4.74 Å². The van der Waals surface area contributed by atoms with E-state index in [1.165, 1.54) is 36.1 Å². The quantitative estimate of drug-likeness (QED) is 0.479. The van der Waals surface area contributed by atoms with Gasteiger partial charge in [0.15, 0.2) is 14.6 Å². The molecule has 1 unspecified atom stereocenters. The first-order valence-electron chi connectivity index (χ1n) is 11.6. The third-order valence-corrected chi connectivity index (χ3v) is 9.27. The van der Waals surface area contributed by atoms with Gasteiger partial charge in [0.05, 0.1) is 23.7 Å². The molecule has 1 heterocycles. The van der Waals surface area contributed by atoms with E-state index in [1.54, 1.807) is 44.3 Å². The molecule has 1 atom stereocenters. The minimum Gasteiger partial charge on any atom is -0.468 e. The monoisotopic (exact) mass is 513 g/mol. The smallest absolute Gasteiger partial charge is 0.327 e. The highest BCUT2D eigenvalue weighted by Gasteiger charge is 2.54. The number of amides is 1. The first-order valence-corrected chi connectivity index (χ1v) is 13.1. The van der Waals surface area contributed by atoms with Crippen molar-refractivity contribution in [3.05, 3.63) is 71.7 Å². The number of hydrogen-bond donors (Lipinski definition) is 1. The first kappa shape index (κ1) is 25.6. The SMILES string of the molecule is COC(=O)C1(S(=O)(=O)c2ccc(C(C)NC(=O)c3cc(-c4ccc(F)cc4)nn3C)cc2)CCCC1. The Morgan fingerprint density at radius 3 is 2.28 bits per heavy atom. The van der Waals surface area contributed by atoms with Crippen molar-refractivity contribution in [1.82, 2.24) is 15.1 Å². The Kier molecular flexibility index (Phi) is 6.99. The molecule has 190 valence electrons. The minimum absolute atomic E-state index is 0.0488. The Labute approximate surface area is 209 Å². The molecular weight excluding hydrogens is 485 g/mol. The summed E-state index contributed by atoms with van der Waals surface area (Å²) in [7, 11) is -1.10. The molecule has 1 aliphatic carbocycles. The Morgan fingerprint density at radius 1 is 1.08 bits per heavy atom. The lowest BCUT2D eigenvalue weighted by Crippen LogP contribution is -2.44. The fourth-order valence-corrected chi connectivity index (χ4v) is 6.75. The van der Waals surface area contributed by atoms with Crippen molar-refractivity contribution in [2.45, 2.75) is 48.3 Å². The highest BCUT2D eigenvalue weighted by molar-refractivity contribution is 7.93. The number of sulfone groups is 1. The van der Waals surface area contributed by atoms with Crippen LogP contribution < -0.4 is 5.32 Å². The van der Waals surface area contributed by atoms with Crippen LogP contribution in [-0.4, -0.2) is 41.9 Å². The Bertz CT molecular complexity index is 1380. The average Bonchev–Trinajstić information content (AvgIpc) is 3.52. The molecule has 36 heavy (non-hydrogen) atoms. The predicted octanol–water partition coefficient (Wildman–Crippen LogP) is 3.98. The van der Waals surface area contributed by atoms with E-state index in [9.17, 15) is 22.4 Å². The summed E-state index contributed by atoms with van der Waals surface area (Å²) in [5.74, 6) is -1.44. The van der Waals surface area contributed by atoms with E-state index in [0.29, 0.717) is 35.4 Å². The summed E-state index contributed by atoms with van der Waals surface area (Å²) < 4.78 is 44.7. The van der Waals surface area contributed by atoms with Crippen molar-refractivity contribution in [3.8, 4) is 11.3 Å². The molecule has 0 bridgehead atoms. The average molecular weight is 514 g/mol. The van der Waals surface area contributed by atoms with E-state index in [0.717, 1.165) is 0 Å². The van der Waals surface area contributed by atoms with Crippen molar-refractivity contribution in [2.24, 2.45) is 7.05 Å². The number of benzene rings is 2. The molecule has 0 aliphatic heterocycles. The number of carbonyl (C=O) groups is 2. The highest BCUT2D eigenvalue weighted by atomic mass is 32.2. The highest BCUT2D eigenvalue weighted by Crippen LogP contribution is 2.41. The molecule has 4 rings (SSSR count). The molecule has 0 radical (unpaired) electrons. The van der Waals surface area contributed by atoms with Crippen LogP contribution in [0.2, 0.25) is 0 Å². The lowest BCUT2D eigenvalue weighted by atomic mass is 10.1. The van der Waals surface area contributed by atoms with Crippen LogP contribution in [0.5, 0.6) is 0 Å². The molecular formula is C26H28FN3O5S. The number of esters is 1. The van der Waals surface area contributed by atoms with Crippen LogP contribution in [0.15, 0.2) is 59.5 Å². The molecule has 1 fully saturated rings. The summed E-state index contributed by atoms with van der Waals surface area (Å²) in [6.45, 7) is 1.78. The molecule has 1 N–H and O–H groups in total. The van der Waals surface area contributed by atoms with Crippen molar-refractivity contribution < 1.29 is 27.1 Å². The van der Waals surface area contributed by atoms with E-state index < -0.39 is 26.6 Å². The summed E-state index contributed by atoms with van der Waals surface area (Å²) in [6, 6.07) is 13.2. The largest absolute Gasteiger partial charge is 0.468 e. The number of aromatic nitrogens is 2. The Morgan fingerprint density at radius 2 is 1.69 bits per heavy atom. The molecule has 0 spiro atoms. The lowest BCUT2D eigenvalue weighted by molar-refractivity contribution is -0.143. The number of halogens is 1. The summed E-state index contributed by atoms with van der Waals surface area (Å²) in [6.07, 6.45) is 1.76. The van der Waals surface area contributed by atoms with Crippen LogP contribution in [0.25, 0.3) is 11.3 Å². The second kappa shape index (κ2) is 9.85. The zero-order valence-electron chi connectivity index (χ0n) is 20.3. The third-order valence-electron chi connectivity index (χ3n) is 6.77. The third kappa shape index (κ3) is 4.53. The molecule has 3 aromatic rings. The standard InChI is InChI=1S/C26H28FN3O5S/c1-17(28-24(31)23-16-22(29-30(23)2)19-6-10-20(27)11-7-19)18-8-12-21(13-9-18)36(33,34)26(25(32)35-3)14-4-5-15-26/h6-13,16-17H,4-5,14-15H2,1-3H3,(H,28,31). The van der Waals surface area contributed by atoms with Gasteiger partial charge < -0.3 is 10.1 Å². The lowest BCUT2D eigenvalue weighted by Gasteiger charge is -2.26. The summed E-state index contributed by atoms with van der Waals surface area (Å²) in [5, 5.41) is 7.24. The number of methoxy groups -OCH3 is 1. The molecule has 1 saturated carbocycles. The van der Waals surface area contributed by atoms with E-state index >= 15 is 0 Å². The summed E-state index contributed by atoms with van der Waals surface area (Å²) in [5.41, 5.74) is 2.24. The molecule has 0 saturated heterocycles. The second-order valence-corrected chi connectivity index (χ2v) is 11.3. The molecule has 8 nitrogen and oxygen atoms in total. The van der Waals surface area contributed by atoms with Crippen LogP contribution in [0.1, 0.15) is 54.7 Å². The number of nitrogens with zero attached hydrogens (tertiary/aromatic N) is 2. The van der Waals surface area contributed by atoms with E-state index in [2.05, 4.69) is 10.4 Å². The number of nitrogens with one attached hydrogen (secondary N) is 1. The van der Waals surface area contributed by atoms with Crippen LogP contribution in [-0.2, 0) is 26.4 Å². The number of hydrogen-bond acceptors (Lipinski definition) is 6. The van der Waals surface area contributed by atoms with Crippen LogP contribution in [0.4, 0.5) is 4.39 Å². The molecule has 1 aliphatic rings. The predicted molar refractivity (Wildman–Crippen MR) is 131 cm³/mol. The van der Waals surface area contributed by atoms with Gasteiger partial charge in [-0.25, -0.2) is 12.8 Å². The zero-order valence-corrected chi connectivity index (χ0v) is 21.1. The number of rotatable bonds is 7. The van der Waals surface area contributed by atoms with Gasteiger partial charge in [-0.3, -0.25) is 14.3 Å². The molecule has 2 aromatic carbocycles. The van der Waals surface area contributed by atoms with Crippen LogP contribution >= 0.6 is 0 Å². The van der Waals surface area contributed by atoms with Gasteiger partial charge in [-0.05, 0) is 67.8 Å². The second-order valence-electron chi connectivity index (χ2n) is 9.01. The van der Waals surface area contributed by atoms with Crippen molar-refractivity contribution >= 4 is 21.7 Å². The van der Waals surface area contributed by atoms with Gasteiger partial charge in [0.25, 0.3) is 5.91 Å². The minimum atomic E-state index is -3.95. The Balaban J connectivity index is 1.50. The van der Waals surface area contributed by atoms with Gasteiger partial charge in [0, 0.05) is 12.6 Å². The molecule has 10 heteroatoms. The first-order chi connectivity index (χ1) is 17.1. The van der Waals surface area contributed by atoms with E-state index in [1.807, 2.05) is 0 Å². The number of ether oxygens (including phenoxy) is 1. The van der Waals surface area contributed by atoms with Crippen molar-refractivity contribution in [3.63, 3.8) is 0 Å². The fraction of sp³-hybridized carbons (Fsp3) is 0.346. The van der Waals surface area contributed by atoms with Crippen LogP contribution in [0.3, 0.4) is 0 Å². The van der Waals surface area contributed by atoms with Gasteiger partial charge in [0.2, 0.25) is 0 Å². The number of carbonyl (C=O) groups excluding carboxylic acids is 2. The van der Waals surface area contributed by atoms with Gasteiger partial charge >= 0.3 is 5.97 Å². The van der Waals surface area contributed by atoms with Gasteiger partial charge in [-0.1, -0.05) is 25.0 Å². The van der Waals surface area contributed by atoms with Crippen molar-refractivity contribution in [2.75, 3.05) is 7.11 Å². The normalized spacial score (nSPS) is 15.9. The van der Waals surface area contributed by atoms with Gasteiger partial charge in [0.1, 0.15) is 11.5 Å². The zero-order chi connectivity index (χ0) is 26.1. The van der Waals surface area contributed by atoms with Gasteiger partial charge in [-0.15, -0.1) is 0 Å². The maximum absolute atomic E-state index is 13.4. The summed E-state index contributed by atoms with van der Waals surface area (Å²) >= 11 is 0. The van der Waals surface area contributed by atoms with Crippen LogP contribution in [0, 0.1) is 5.82 Å². The molecule has 1 amide bonds.